The van der Waals surface area contributed by atoms with Crippen LogP contribution in [0.25, 0.3) is 0 Å². The molecule has 0 radical (unpaired) electrons. The molecule has 0 aromatic heterocycles. The molecule has 2 aromatic carbocycles. The number of carbonyl (C=O) groups excluding carboxylic acids is 2. The van der Waals surface area contributed by atoms with Crippen molar-refractivity contribution in [2.45, 2.75) is 12.8 Å². The molecule has 1 N–H and O–H groups in total. The van der Waals surface area contributed by atoms with Gasteiger partial charge >= 0.3 is 0 Å². The Morgan fingerprint density at radius 1 is 1.04 bits per heavy atom. The summed E-state index contributed by atoms with van der Waals surface area (Å²) in [6.07, 6.45) is 1.60. The van der Waals surface area contributed by atoms with Crippen molar-refractivity contribution in [2.24, 2.45) is 5.92 Å². The lowest BCUT2D eigenvalue weighted by Crippen LogP contribution is -2.33. The van der Waals surface area contributed by atoms with Crippen LogP contribution in [0.15, 0.2) is 42.5 Å². The van der Waals surface area contributed by atoms with Crippen LogP contribution >= 0.6 is 0 Å². The molecule has 1 aliphatic rings. The predicted molar refractivity (Wildman–Crippen MR) is 95.3 cm³/mol. The van der Waals surface area contributed by atoms with E-state index in [1.165, 1.54) is 6.07 Å². The van der Waals surface area contributed by atoms with E-state index in [0.717, 1.165) is 38.1 Å². The van der Waals surface area contributed by atoms with Gasteiger partial charge in [0.1, 0.15) is 17.2 Å². The number of carbonyl (C=O) groups is 2. The predicted octanol–water partition coefficient (Wildman–Crippen LogP) is 3.74. The molecule has 0 aliphatic carbocycles. The molecule has 0 unspecified atom stereocenters. The zero-order valence-corrected chi connectivity index (χ0v) is 14.5. The molecule has 3 rings (SSSR count). The van der Waals surface area contributed by atoms with Gasteiger partial charge in [0.25, 0.3) is 5.91 Å². The van der Waals surface area contributed by atoms with Gasteiger partial charge < -0.3 is 10.2 Å². The third-order valence-corrected chi connectivity index (χ3v) is 4.68. The lowest BCUT2D eigenvalue weighted by atomic mass is 9.89. The first kappa shape index (κ1) is 18.2. The van der Waals surface area contributed by atoms with Gasteiger partial charge in [-0.2, -0.15) is 0 Å². The number of halogens is 2. The van der Waals surface area contributed by atoms with Gasteiger partial charge in [0.05, 0.1) is 0 Å². The monoisotopic (exact) mass is 358 g/mol. The van der Waals surface area contributed by atoms with Gasteiger partial charge in [0, 0.05) is 17.2 Å². The molecule has 1 fully saturated rings. The Morgan fingerprint density at radius 2 is 1.65 bits per heavy atom. The molecule has 2 aromatic rings. The lowest BCUT2D eigenvalue weighted by molar-refractivity contribution is 0.0856. The van der Waals surface area contributed by atoms with Crippen LogP contribution < -0.4 is 5.32 Å². The van der Waals surface area contributed by atoms with Crippen LogP contribution in [0.1, 0.15) is 33.6 Å². The van der Waals surface area contributed by atoms with E-state index in [1.807, 2.05) is 7.05 Å². The molecule has 1 aliphatic heterocycles. The molecule has 0 atom stereocenters. The Morgan fingerprint density at radius 3 is 2.31 bits per heavy atom. The van der Waals surface area contributed by atoms with E-state index < -0.39 is 23.1 Å². The molecule has 0 saturated carbocycles. The minimum Gasteiger partial charge on any atom is -0.322 e. The minimum absolute atomic E-state index is 0.0336. The van der Waals surface area contributed by atoms with Crippen molar-refractivity contribution in [1.82, 2.24) is 4.90 Å². The van der Waals surface area contributed by atoms with Crippen molar-refractivity contribution in [2.75, 3.05) is 25.5 Å². The van der Waals surface area contributed by atoms with Crippen LogP contribution in [-0.4, -0.2) is 36.7 Å². The van der Waals surface area contributed by atoms with Crippen molar-refractivity contribution < 1.29 is 18.4 Å². The highest BCUT2D eigenvalue weighted by Gasteiger charge is 2.24. The molecule has 1 saturated heterocycles. The van der Waals surface area contributed by atoms with Gasteiger partial charge in [-0.15, -0.1) is 0 Å². The summed E-state index contributed by atoms with van der Waals surface area (Å²) in [6.45, 7) is 1.75. The number of hydrogen-bond donors (Lipinski definition) is 1. The van der Waals surface area contributed by atoms with Gasteiger partial charge in [-0.25, -0.2) is 8.78 Å². The van der Waals surface area contributed by atoms with Crippen LogP contribution in [0.2, 0.25) is 0 Å². The Kier molecular flexibility index (Phi) is 5.42. The minimum atomic E-state index is -0.930. The summed E-state index contributed by atoms with van der Waals surface area (Å²) in [6, 6.07) is 9.73. The lowest BCUT2D eigenvalue weighted by Gasteiger charge is -2.28. The van der Waals surface area contributed by atoms with E-state index in [9.17, 15) is 18.4 Å². The van der Waals surface area contributed by atoms with Crippen LogP contribution in [0.5, 0.6) is 0 Å². The van der Waals surface area contributed by atoms with Gasteiger partial charge in [0.2, 0.25) is 0 Å². The van der Waals surface area contributed by atoms with Crippen molar-refractivity contribution in [1.29, 1.82) is 0 Å². The third kappa shape index (κ3) is 3.96. The number of amides is 1. The number of hydrogen-bond acceptors (Lipinski definition) is 3. The first-order valence-corrected chi connectivity index (χ1v) is 8.54. The normalized spacial score (nSPS) is 15.7. The zero-order valence-electron chi connectivity index (χ0n) is 14.5. The van der Waals surface area contributed by atoms with Crippen molar-refractivity contribution in [3.05, 3.63) is 65.2 Å². The molecule has 4 nitrogen and oxygen atoms in total. The summed E-state index contributed by atoms with van der Waals surface area (Å²) >= 11 is 0. The summed E-state index contributed by atoms with van der Waals surface area (Å²) in [5, 5.41) is 2.47. The Bertz CT molecular complexity index is 810. The summed E-state index contributed by atoms with van der Waals surface area (Å²) in [4.78, 5) is 27.0. The summed E-state index contributed by atoms with van der Waals surface area (Å²) < 4.78 is 27.5. The first-order valence-electron chi connectivity index (χ1n) is 8.54. The van der Waals surface area contributed by atoms with Gasteiger partial charge in [-0.1, -0.05) is 18.2 Å². The smallest absolute Gasteiger partial charge is 0.261 e. The SMILES string of the molecule is CN1CCC(C(=O)c2cccc(NC(=O)c3c(F)cccc3F)c2)CC1. The van der Waals surface area contributed by atoms with Crippen LogP contribution in [-0.2, 0) is 0 Å². The van der Waals surface area contributed by atoms with E-state index >= 15 is 0 Å². The fraction of sp³-hybridized carbons (Fsp3) is 0.300. The van der Waals surface area contributed by atoms with E-state index in [1.54, 1.807) is 24.3 Å². The number of rotatable bonds is 4. The van der Waals surface area contributed by atoms with E-state index in [2.05, 4.69) is 10.2 Å². The largest absolute Gasteiger partial charge is 0.322 e. The molecule has 136 valence electrons. The molecule has 1 amide bonds. The van der Waals surface area contributed by atoms with E-state index in [-0.39, 0.29) is 11.7 Å². The Labute approximate surface area is 150 Å². The maximum atomic E-state index is 13.7. The number of likely N-dealkylation sites (tertiary alicyclic amines) is 1. The van der Waals surface area contributed by atoms with Gasteiger partial charge in [0.15, 0.2) is 5.78 Å². The average Bonchev–Trinajstić information content (AvgIpc) is 2.62. The molecule has 0 bridgehead atoms. The Hall–Kier alpha value is -2.60. The summed E-state index contributed by atoms with van der Waals surface area (Å²) in [7, 11) is 2.03. The molecular weight excluding hydrogens is 338 g/mol. The number of nitrogens with zero attached hydrogens (tertiary/aromatic N) is 1. The third-order valence-electron chi connectivity index (χ3n) is 4.68. The second kappa shape index (κ2) is 7.74. The van der Waals surface area contributed by atoms with Crippen LogP contribution in [0, 0.1) is 17.6 Å². The fourth-order valence-corrected chi connectivity index (χ4v) is 3.17. The highest BCUT2D eigenvalue weighted by atomic mass is 19.1. The van der Waals surface area contributed by atoms with Gasteiger partial charge in [-0.3, -0.25) is 9.59 Å². The number of piperidine rings is 1. The maximum absolute atomic E-state index is 13.7. The fourth-order valence-electron chi connectivity index (χ4n) is 3.17. The molecule has 1 heterocycles. The first-order chi connectivity index (χ1) is 12.5. The highest BCUT2D eigenvalue weighted by molar-refractivity contribution is 6.05. The summed E-state index contributed by atoms with van der Waals surface area (Å²) in [5.74, 6) is -2.75. The number of benzene rings is 2. The standard InChI is InChI=1S/C20H20F2N2O2/c1-24-10-8-13(9-11-24)19(25)14-4-2-5-15(12-14)23-20(26)18-16(21)6-3-7-17(18)22/h2-7,12-13H,8-11H2,1H3,(H,23,26). The quantitative estimate of drug-likeness (QED) is 0.847. The molecule has 6 heteroatoms. The molecule has 26 heavy (non-hydrogen) atoms. The second-order valence-corrected chi connectivity index (χ2v) is 6.57. The second-order valence-electron chi connectivity index (χ2n) is 6.57. The van der Waals surface area contributed by atoms with E-state index in [0.29, 0.717) is 11.3 Å². The van der Waals surface area contributed by atoms with E-state index in [4.69, 9.17) is 0 Å². The van der Waals surface area contributed by atoms with Crippen LogP contribution in [0.3, 0.4) is 0 Å². The molecule has 0 spiro atoms. The van der Waals surface area contributed by atoms with Crippen molar-refractivity contribution in [3.63, 3.8) is 0 Å². The maximum Gasteiger partial charge on any atom is 0.261 e. The summed E-state index contributed by atoms with van der Waals surface area (Å²) in [5.41, 5.74) is 0.183. The average molecular weight is 358 g/mol. The number of anilines is 1. The number of Topliss-reactive ketones (excluding diaryl/α,β-unsaturated/α-hetero) is 1. The molecular formula is C20H20F2N2O2. The zero-order chi connectivity index (χ0) is 18.7. The van der Waals surface area contributed by atoms with Crippen LogP contribution in [0.4, 0.5) is 14.5 Å². The Balaban J connectivity index is 1.75. The van der Waals surface area contributed by atoms with Gasteiger partial charge in [-0.05, 0) is 57.2 Å². The highest BCUT2D eigenvalue weighted by Crippen LogP contribution is 2.23. The van der Waals surface area contributed by atoms with Crippen molar-refractivity contribution >= 4 is 17.4 Å². The topological polar surface area (TPSA) is 49.4 Å². The van der Waals surface area contributed by atoms with Crippen molar-refractivity contribution in [3.8, 4) is 0 Å². The number of ketones is 1. The number of nitrogens with one attached hydrogen (secondary N) is 1.